The Morgan fingerprint density at radius 3 is 2.19 bits per heavy atom. The summed E-state index contributed by atoms with van der Waals surface area (Å²) in [5.41, 5.74) is 1.34. The number of carbonyl (C=O) groups is 2. The molecule has 2 unspecified atom stereocenters. The summed E-state index contributed by atoms with van der Waals surface area (Å²) in [5, 5.41) is 6.19. The van der Waals surface area contributed by atoms with Gasteiger partial charge in [-0.2, -0.15) is 0 Å². The Bertz CT molecular complexity index is 913. The molecule has 2 aliphatic rings. The maximum Gasteiger partial charge on any atom is 0.251 e. The molecule has 7 nitrogen and oxygen atoms in total. The van der Waals surface area contributed by atoms with Crippen molar-refractivity contribution in [2.45, 2.75) is 50.2 Å². The lowest BCUT2D eigenvalue weighted by Crippen LogP contribution is -2.58. The highest BCUT2D eigenvalue weighted by Crippen LogP contribution is 2.34. The average molecular weight is 438 g/mol. The SMILES string of the molecule is COc1cc(OC)cc(C(=O)NC2CC3CCCC(C2)N3CC(=O)Nc2ccccc2)c1. The molecule has 2 bridgehead atoms. The van der Waals surface area contributed by atoms with Crippen LogP contribution in [0.2, 0.25) is 0 Å². The van der Waals surface area contributed by atoms with Crippen molar-refractivity contribution in [1.82, 2.24) is 10.2 Å². The topological polar surface area (TPSA) is 79.9 Å². The molecule has 0 radical (unpaired) electrons. The fourth-order valence-electron chi connectivity index (χ4n) is 4.95. The third-order valence-electron chi connectivity index (χ3n) is 6.46. The van der Waals surface area contributed by atoms with Crippen LogP contribution in [0.4, 0.5) is 5.69 Å². The first kappa shape index (κ1) is 22.1. The number of hydrogen-bond acceptors (Lipinski definition) is 5. The number of rotatable bonds is 7. The summed E-state index contributed by atoms with van der Waals surface area (Å²) >= 11 is 0. The number of ether oxygens (including phenoxy) is 2. The van der Waals surface area contributed by atoms with Crippen LogP contribution in [0.15, 0.2) is 48.5 Å². The number of anilines is 1. The first-order chi connectivity index (χ1) is 15.6. The Morgan fingerprint density at radius 1 is 0.969 bits per heavy atom. The van der Waals surface area contributed by atoms with Gasteiger partial charge in [0.05, 0.1) is 20.8 Å². The number of nitrogens with one attached hydrogen (secondary N) is 2. The highest BCUT2D eigenvalue weighted by atomic mass is 16.5. The predicted octanol–water partition coefficient (Wildman–Crippen LogP) is 3.46. The third kappa shape index (κ3) is 5.22. The molecule has 0 saturated carbocycles. The van der Waals surface area contributed by atoms with Gasteiger partial charge in [-0.25, -0.2) is 0 Å². The Morgan fingerprint density at radius 2 is 1.59 bits per heavy atom. The fourth-order valence-corrected chi connectivity index (χ4v) is 4.95. The highest BCUT2D eigenvalue weighted by Gasteiger charge is 2.39. The summed E-state index contributed by atoms with van der Waals surface area (Å²) in [4.78, 5) is 27.9. The molecular formula is C25H31N3O4. The second-order valence-electron chi connectivity index (χ2n) is 8.57. The molecule has 7 heteroatoms. The number of piperidine rings is 2. The van der Waals surface area contributed by atoms with Crippen molar-refractivity contribution in [2.24, 2.45) is 0 Å². The molecule has 0 spiro atoms. The van der Waals surface area contributed by atoms with E-state index in [1.165, 1.54) is 6.42 Å². The number of fused-ring (bicyclic) bond motifs is 2. The van der Waals surface area contributed by atoms with Gasteiger partial charge in [0.1, 0.15) is 11.5 Å². The van der Waals surface area contributed by atoms with Gasteiger partial charge >= 0.3 is 0 Å². The van der Waals surface area contributed by atoms with E-state index < -0.39 is 0 Å². The molecule has 2 heterocycles. The van der Waals surface area contributed by atoms with Crippen LogP contribution >= 0.6 is 0 Å². The van der Waals surface area contributed by atoms with Crippen molar-refractivity contribution in [3.05, 3.63) is 54.1 Å². The maximum absolute atomic E-state index is 12.9. The largest absolute Gasteiger partial charge is 0.497 e. The van der Waals surface area contributed by atoms with Crippen molar-refractivity contribution in [3.8, 4) is 11.5 Å². The zero-order valence-corrected chi connectivity index (χ0v) is 18.7. The number of methoxy groups -OCH3 is 2. The number of hydrogen-bond donors (Lipinski definition) is 2. The zero-order valence-electron chi connectivity index (χ0n) is 18.7. The Kier molecular flexibility index (Phi) is 6.95. The van der Waals surface area contributed by atoms with Gasteiger partial charge in [0.15, 0.2) is 0 Å². The van der Waals surface area contributed by atoms with Crippen LogP contribution in [0.5, 0.6) is 11.5 Å². The van der Waals surface area contributed by atoms with E-state index in [1.807, 2.05) is 30.3 Å². The van der Waals surface area contributed by atoms with Gasteiger partial charge in [0.25, 0.3) is 5.91 Å². The maximum atomic E-state index is 12.9. The van der Waals surface area contributed by atoms with E-state index in [-0.39, 0.29) is 17.9 Å². The van der Waals surface area contributed by atoms with Crippen LogP contribution in [-0.4, -0.2) is 55.6 Å². The molecule has 2 N–H and O–H groups in total. The second-order valence-corrected chi connectivity index (χ2v) is 8.57. The minimum atomic E-state index is -0.124. The van der Waals surface area contributed by atoms with Crippen molar-refractivity contribution in [1.29, 1.82) is 0 Å². The summed E-state index contributed by atoms with van der Waals surface area (Å²) in [6.07, 6.45) is 4.97. The molecule has 2 aliphatic heterocycles. The Hall–Kier alpha value is -3.06. The summed E-state index contributed by atoms with van der Waals surface area (Å²) in [7, 11) is 3.14. The quantitative estimate of drug-likeness (QED) is 0.694. The third-order valence-corrected chi connectivity index (χ3v) is 6.46. The molecule has 2 aromatic carbocycles. The minimum Gasteiger partial charge on any atom is -0.497 e. The lowest BCUT2D eigenvalue weighted by Gasteiger charge is -2.48. The van der Waals surface area contributed by atoms with E-state index in [4.69, 9.17) is 9.47 Å². The van der Waals surface area contributed by atoms with Gasteiger partial charge < -0.3 is 20.1 Å². The van der Waals surface area contributed by atoms with Crippen LogP contribution in [0, 0.1) is 0 Å². The van der Waals surface area contributed by atoms with Crippen molar-refractivity contribution in [2.75, 3.05) is 26.1 Å². The fraction of sp³-hybridized carbons (Fsp3) is 0.440. The zero-order chi connectivity index (χ0) is 22.5. The number of para-hydroxylation sites is 1. The molecule has 4 rings (SSSR count). The van der Waals surface area contributed by atoms with Gasteiger partial charge in [0.2, 0.25) is 5.91 Å². The summed E-state index contributed by atoms with van der Waals surface area (Å²) < 4.78 is 10.6. The molecular weight excluding hydrogens is 406 g/mol. The molecule has 2 aromatic rings. The summed E-state index contributed by atoms with van der Waals surface area (Å²) in [6, 6.07) is 15.4. The van der Waals surface area contributed by atoms with Gasteiger partial charge in [-0.15, -0.1) is 0 Å². The molecule has 170 valence electrons. The van der Waals surface area contributed by atoms with E-state index in [0.29, 0.717) is 35.7 Å². The normalized spacial score (nSPS) is 22.6. The van der Waals surface area contributed by atoms with Gasteiger partial charge in [-0.05, 0) is 49.9 Å². The van der Waals surface area contributed by atoms with Gasteiger partial charge in [-0.1, -0.05) is 24.6 Å². The Balaban J connectivity index is 1.38. The monoisotopic (exact) mass is 437 g/mol. The van der Waals surface area contributed by atoms with Gasteiger partial charge in [0, 0.05) is 35.4 Å². The van der Waals surface area contributed by atoms with Crippen LogP contribution in [0.25, 0.3) is 0 Å². The predicted molar refractivity (Wildman–Crippen MR) is 123 cm³/mol. The number of benzene rings is 2. The smallest absolute Gasteiger partial charge is 0.251 e. The van der Waals surface area contributed by atoms with Gasteiger partial charge in [-0.3, -0.25) is 14.5 Å². The Labute approximate surface area is 189 Å². The van der Waals surface area contributed by atoms with E-state index in [9.17, 15) is 9.59 Å². The van der Waals surface area contributed by atoms with E-state index in [0.717, 1.165) is 31.4 Å². The molecule has 2 saturated heterocycles. The molecule has 2 atom stereocenters. The van der Waals surface area contributed by atoms with Crippen molar-refractivity contribution >= 4 is 17.5 Å². The highest BCUT2D eigenvalue weighted by molar-refractivity contribution is 5.95. The first-order valence-corrected chi connectivity index (χ1v) is 11.2. The standard InChI is InChI=1S/C25H31N3O4/c1-31-22-11-17(12-23(15-22)32-2)25(30)27-19-13-20-9-6-10-21(14-19)28(20)16-24(29)26-18-7-4-3-5-8-18/h3-5,7-8,11-12,15,19-21H,6,9-10,13-14,16H2,1-2H3,(H,26,29)(H,27,30). The average Bonchev–Trinajstić information content (AvgIpc) is 2.79. The second kappa shape index (κ2) is 10.0. The first-order valence-electron chi connectivity index (χ1n) is 11.2. The summed E-state index contributed by atoms with van der Waals surface area (Å²) in [6.45, 7) is 0.387. The number of amides is 2. The van der Waals surface area contributed by atoms with E-state index in [1.54, 1.807) is 32.4 Å². The lowest BCUT2D eigenvalue weighted by atomic mass is 9.81. The molecule has 2 fully saturated rings. The number of carbonyl (C=O) groups excluding carboxylic acids is 2. The summed E-state index contributed by atoms with van der Waals surface area (Å²) in [5.74, 6) is 1.07. The van der Waals surface area contributed by atoms with E-state index >= 15 is 0 Å². The lowest BCUT2D eigenvalue weighted by molar-refractivity contribution is -0.120. The van der Waals surface area contributed by atoms with Crippen LogP contribution in [0.3, 0.4) is 0 Å². The van der Waals surface area contributed by atoms with Crippen LogP contribution < -0.4 is 20.1 Å². The molecule has 2 amide bonds. The van der Waals surface area contributed by atoms with Crippen molar-refractivity contribution < 1.29 is 19.1 Å². The van der Waals surface area contributed by atoms with Crippen LogP contribution in [0.1, 0.15) is 42.5 Å². The molecule has 0 aromatic heterocycles. The molecule has 32 heavy (non-hydrogen) atoms. The number of nitrogens with zero attached hydrogens (tertiary/aromatic N) is 1. The van der Waals surface area contributed by atoms with E-state index in [2.05, 4.69) is 15.5 Å². The minimum absolute atomic E-state index is 0.0130. The van der Waals surface area contributed by atoms with Crippen LogP contribution in [-0.2, 0) is 4.79 Å². The molecule has 0 aliphatic carbocycles. The van der Waals surface area contributed by atoms with Crippen molar-refractivity contribution in [3.63, 3.8) is 0 Å².